The van der Waals surface area contributed by atoms with Gasteiger partial charge in [-0.05, 0) is 26.0 Å². The van der Waals surface area contributed by atoms with Crippen LogP contribution < -0.4 is 20.1 Å². The van der Waals surface area contributed by atoms with E-state index >= 15 is 0 Å². The number of rotatable bonds is 5. The maximum absolute atomic E-state index is 12.8. The number of carbonyl (C=O) groups is 2. The molecule has 4 rings (SSSR count). The number of nitrogens with one attached hydrogen (secondary N) is 2. The Hall–Kier alpha value is -3.95. The van der Waals surface area contributed by atoms with Crippen molar-refractivity contribution >= 4 is 17.6 Å². The van der Waals surface area contributed by atoms with Crippen LogP contribution >= 0.6 is 0 Å². The van der Waals surface area contributed by atoms with Gasteiger partial charge in [0.1, 0.15) is 17.1 Å². The van der Waals surface area contributed by atoms with Crippen molar-refractivity contribution in [1.82, 2.24) is 25.1 Å². The zero-order valence-electron chi connectivity index (χ0n) is 17.6. The van der Waals surface area contributed by atoms with E-state index in [1.165, 1.54) is 19.4 Å². The first-order chi connectivity index (χ1) is 14.7. The maximum Gasteiger partial charge on any atom is 0.288 e. The average Bonchev–Trinajstić information content (AvgIpc) is 3.28. The van der Waals surface area contributed by atoms with Crippen LogP contribution in [0.5, 0.6) is 17.2 Å². The van der Waals surface area contributed by atoms with Crippen LogP contribution in [0.25, 0.3) is 0 Å². The van der Waals surface area contributed by atoms with Gasteiger partial charge in [0.05, 0.1) is 12.4 Å². The van der Waals surface area contributed by atoms with Gasteiger partial charge in [-0.15, -0.1) is 0 Å². The zero-order valence-corrected chi connectivity index (χ0v) is 17.6. The van der Waals surface area contributed by atoms with Crippen molar-refractivity contribution in [3.8, 4) is 17.2 Å². The van der Waals surface area contributed by atoms with Crippen molar-refractivity contribution in [2.75, 3.05) is 12.4 Å². The number of hydrogen-bond acceptors (Lipinski definition) is 7. The molecule has 0 unspecified atom stereocenters. The van der Waals surface area contributed by atoms with E-state index in [-0.39, 0.29) is 11.7 Å². The van der Waals surface area contributed by atoms with Crippen LogP contribution in [0.1, 0.15) is 40.4 Å². The third kappa shape index (κ3) is 4.32. The monoisotopic (exact) mass is 422 g/mol. The van der Waals surface area contributed by atoms with Gasteiger partial charge in [0.15, 0.2) is 11.6 Å². The predicted molar refractivity (Wildman–Crippen MR) is 112 cm³/mol. The van der Waals surface area contributed by atoms with E-state index in [9.17, 15) is 9.59 Å². The summed E-state index contributed by atoms with van der Waals surface area (Å²) in [6, 6.07) is 5.04. The number of amides is 2. The minimum absolute atomic E-state index is 0.0352. The molecule has 31 heavy (non-hydrogen) atoms. The molecule has 3 aromatic rings. The summed E-state index contributed by atoms with van der Waals surface area (Å²) < 4.78 is 13.6. The fourth-order valence-corrected chi connectivity index (χ4v) is 3.26. The van der Waals surface area contributed by atoms with Crippen LogP contribution in [-0.4, -0.2) is 44.2 Å². The molecule has 1 aromatic carbocycles. The number of fused-ring (bicyclic) bond motifs is 1. The number of aryl methyl sites for hydroxylation is 1. The third-order valence-electron chi connectivity index (χ3n) is 4.66. The highest BCUT2D eigenvalue weighted by Gasteiger charge is 2.34. The molecule has 0 bridgehead atoms. The fraction of sp³-hybridized carbons (Fsp3) is 0.286. The fourth-order valence-electron chi connectivity index (χ4n) is 3.26. The summed E-state index contributed by atoms with van der Waals surface area (Å²) in [6.45, 7) is 3.93. The highest BCUT2D eigenvalue weighted by atomic mass is 16.5. The van der Waals surface area contributed by atoms with Gasteiger partial charge in [-0.2, -0.15) is 5.10 Å². The van der Waals surface area contributed by atoms with E-state index in [4.69, 9.17) is 9.47 Å². The van der Waals surface area contributed by atoms with Gasteiger partial charge in [-0.1, -0.05) is 0 Å². The van der Waals surface area contributed by atoms with Gasteiger partial charge in [-0.3, -0.25) is 14.3 Å². The van der Waals surface area contributed by atoms with Gasteiger partial charge in [0, 0.05) is 43.9 Å². The van der Waals surface area contributed by atoms with Gasteiger partial charge >= 0.3 is 0 Å². The molecular weight excluding hydrogens is 400 g/mol. The number of aromatic nitrogens is 4. The quantitative estimate of drug-likeness (QED) is 0.647. The highest BCUT2D eigenvalue weighted by Crippen LogP contribution is 2.42. The summed E-state index contributed by atoms with van der Waals surface area (Å²) in [6.07, 6.45) is 5.16. The largest absolute Gasteiger partial charge is 0.487 e. The highest BCUT2D eigenvalue weighted by molar-refractivity contribution is 6.04. The summed E-state index contributed by atoms with van der Waals surface area (Å²) in [5.74, 6) is 1.12. The molecule has 2 aromatic heterocycles. The zero-order chi connectivity index (χ0) is 22.2. The number of nitrogens with zero attached hydrogens (tertiary/aromatic N) is 4. The number of ether oxygens (including phenoxy) is 2. The molecule has 1 aliphatic heterocycles. The second kappa shape index (κ2) is 7.71. The smallest absolute Gasteiger partial charge is 0.288 e. The SMILES string of the molecule is CNC(=O)c1ncc(Oc2cc(C(=O)Nc3ccn(C)n3)cc3c2CC(C)(C)O3)cn1. The normalized spacial score (nSPS) is 13.8. The van der Waals surface area contributed by atoms with Crippen LogP contribution in [0.2, 0.25) is 0 Å². The van der Waals surface area contributed by atoms with E-state index in [1.807, 2.05) is 13.8 Å². The topological polar surface area (TPSA) is 120 Å². The molecule has 0 fully saturated rings. The lowest BCUT2D eigenvalue weighted by atomic mass is 9.99. The summed E-state index contributed by atoms with van der Waals surface area (Å²) in [4.78, 5) is 32.5. The Kier molecular flexibility index (Phi) is 5.05. The summed E-state index contributed by atoms with van der Waals surface area (Å²) in [7, 11) is 3.27. The Morgan fingerprint density at radius 1 is 1.19 bits per heavy atom. The Morgan fingerprint density at radius 3 is 2.58 bits per heavy atom. The molecule has 0 spiro atoms. The lowest BCUT2D eigenvalue weighted by Crippen LogP contribution is -2.24. The van der Waals surface area contributed by atoms with Crippen LogP contribution in [0.4, 0.5) is 5.82 Å². The van der Waals surface area contributed by atoms with Crippen molar-refractivity contribution in [1.29, 1.82) is 0 Å². The standard InChI is InChI=1S/C21H22N6O4/c1-21(2)9-14-15(30-13-10-23-18(24-11-13)20(29)22-3)7-12(8-16(14)31-21)19(28)25-17-5-6-27(4)26-17/h5-8,10-11H,9H2,1-4H3,(H,22,29)(H,25,26,28). The maximum atomic E-state index is 12.8. The number of hydrogen-bond donors (Lipinski definition) is 2. The van der Waals surface area contributed by atoms with E-state index in [0.29, 0.717) is 35.1 Å². The van der Waals surface area contributed by atoms with E-state index in [1.54, 1.807) is 36.1 Å². The number of carbonyl (C=O) groups excluding carboxylic acids is 2. The van der Waals surface area contributed by atoms with Crippen LogP contribution in [0.15, 0.2) is 36.8 Å². The Balaban J connectivity index is 1.64. The lowest BCUT2D eigenvalue weighted by Gasteiger charge is -2.16. The minimum Gasteiger partial charge on any atom is -0.487 e. The molecule has 0 radical (unpaired) electrons. The molecule has 10 heteroatoms. The molecular formula is C21H22N6O4. The lowest BCUT2D eigenvalue weighted by molar-refractivity contribution is 0.0951. The third-order valence-corrected chi connectivity index (χ3v) is 4.66. The van der Waals surface area contributed by atoms with Gasteiger partial charge in [-0.25, -0.2) is 9.97 Å². The van der Waals surface area contributed by atoms with E-state index < -0.39 is 11.5 Å². The van der Waals surface area contributed by atoms with Gasteiger partial charge < -0.3 is 20.1 Å². The first-order valence-corrected chi connectivity index (χ1v) is 9.63. The molecule has 0 atom stereocenters. The summed E-state index contributed by atoms with van der Waals surface area (Å²) in [5.41, 5.74) is 0.769. The van der Waals surface area contributed by atoms with E-state index in [2.05, 4.69) is 25.7 Å². The van der Waals surface area contributed by atoms with Crippen LogP contribution in [0.3, 0.4) is 0 Å². The molecule has 3 heterocycles. The van der Waals surface area contributed by atoms with Crippen molar-refractivity contribution in [3.05, 3.63) is 53.7 Å². The first-order valence-electron chi connectivity index (χ1n) is 9.63. The molecule has 1 aliphatic rings. The predicted octanol–water partition coefficient (Wildman–Crippen LogP) is 2.33. The first kappa shape index (κ1) is 20.3. The van der Waals surface area contributed by atoms with Crippen molar-refractivity contribution in [2.45, 2.75) is 25.9 Å². The van der Waals surface area contributed by atoms with E-state index in [0.717, 1.165) is 5.56 Å². The second-order valence-electron chi connectivity index (χ2n) is 7.74. The Bertz CT molecular complexity index is 1150. The molecule has 160 valence electrons. The summed E-state index contributed by atoms with van der Waals surface area (Å²) >= 11 is 0. The van der Waals surface area contributed by atoms with Gasteiger partial charge in [0.25, 0.3) is 11.8 Å². The number of benzene rings is 1. The summed E-state index contributed by atoms with van der Waals surface area (Å²) in [5, 5.41) is 9.38. The van der Waals surface area contributed by atoms with Crippen molar-refractivity contribution in [2.24, 2.45) is 7.05 Å². The van der Waals surface area contributed by atoms with Gasteiger partial charge in [0.2, 0.25) is 5.82 Å². The molecule has 0 aliphatic carbocycles. The molecule has 0 saturated heterocycles. The molecule has 2 N–H and O–H groups in total. The van der Waals surface area contributed by atoms with Crippen molar-refractivity contribution < 1.29 is 19.1 Å². The van der Waals surface area contributed by atoms with Crippen LogP contribution in [-0.2, 0) is 13.5 Å². The minimum atomic E-state index is -0.434. The second-order valence-corrected chi connectivity index (χ2v) is 7.74. The Morgan fingerprint density at radius 2 is 1.94 bits per heavy atom. The molecule has 0 saturated carbocycles. The molecule has 10 nitrogen and oxygen atoms in total. The van der Waals surface area contributed by atoms with Crippen molar-refractivity contribution in [3.63, 3.8) is 0 Å². The average molecular weight is 422 g/mol. The molecule has 2 amide bonds. The Labute approximate surface area is 178 Å². The van der Waals surface area contributed by atoms with Crippen LogP contribution in [0, 0.1) is 0 Å². The number of anilines is 1.